The summed E-state index contributed by atoms with van der Waals surface area (Å²) in [5.74, 6) is -1.13. The van der Waals surface area contributed by atoms with Crippen LogP contribution in [0.5, 0.6) is 0 Å². The summed E-state index contributed by atoms with van der Waals surface area (Å²) in [5, 5.41) is 2.87. The number of hydrogen-bond donors (Lipinski definition) is 1. The highest BCUT2D eigenvalue weighted by Crippen LogP contribution is 2.18. The highest BCUT2D eigenvalue weighted by atomic mass is 16.6. The lowest BCUT2D eigenvalue weighted by Gasteiger charge is -2.36. The molecule has 0 bridgehead atoms. The molecule has 164 valence electrons. The number of anilines is 1. The monoisotopic (exact) mass is 423 g/mol. The summed E-state index contributed by atoms with van der Waals surface area (Å²) in [6, 6.07) is 18.5. The van der Waals surface area contributed by atoms with Gasteiger partial charge in [0, 0.05) is 25.3 Å². The number of piperazine rings is 1. The van der Waals surface area contributed by atoms with Crippen molar-refractivity contribution in [2.75, 3.05) is 24.5 Å². The highest BCUT2D eigenvalue weighted by Gasteiger charge is 2.35. The molecule has 1 heterocycles. The molecule has 7 heteroatoms. The molecule has 0 aromatic heterocycles. The van der Waals surface area contributed by atoms with Gasteiger partial charge in [0.1, 0.15) is 5.60 Å². The van der Waals surface area contributed by atoms with E-state index in [1.165, 1.54) is 9.80 Å². The van der Waals surface area contributed by atoms with Crippen LogP contribution >= 0.6 is 0 Å². The summed E-state index contributed by atoms with van der Waals surface area (Å²) in [5.41, 5.74) is 1.09. The Balaban J connectivity index is 1.70. The number of carbonyl (C=O) groups is 3. The predicted octanol–water partition coefficient (Wildman–Crippen LogP) is 3.00. The Labute approximate surface area is 183 Å². The fraction of sp³-hybridized carbons (Fsp3) is 0.375. The first kappa shape index (κ1) is 22.3. The van der Waals surface area contributed by atoms with Crippen LogP contribution < -0.4 is 10.2 Å². The van der Waals surface area contributed by atoms with Crippen molar-refractivity contribution in [3.05, 3.63) is 66.2 Å². The van der Waals surface area contributed by atoms with E-state index in [-0.39, 0.29) is 6.54 Å². The summed E-state index contributed by atoms with van der Waals surface area (Å²) >= 11 is 0. The standard InChI is InChI=1S/C24H29N3O4/c1-24(2,3)31-23(30)25-19(16-18-10-6-4-7-11-18)17-26-14-15-27(22(29)21(26)28)20-12-8-5-9-13-20/h4-13,19H,14-17H2,1-3H3,(H,25,30)/t19-/m1/s1. The van der Waals surface area contributed by atoms with Gasteiger partial charge in [-0.1, -0.05) is 48.5 Å². The van der Waals surface area contributed by atoms with Crippen molar-refractivity contribution < 1.29 is 19.1 Å². The molecule has 3 rings (SSSR count). The van der Waals surface area contributed by atoms with E-state index < -0.39 is 29.6 Å². The second kappa shape index (κ2) is 9.64. The molecule has 2 aromatic rings. The van der Waals surface area contributed by atoms with Crippen LogP contribution in [0, 0.1) is 0 Å². The highest BCUT2D eigenvalue weighted by molar-refractivity contribution is 6.41. The summed E-state index contributed by atoms with van der Waals surface area (Å²) in [4.78, 5) is 40.9. The molecule has 1 N–H and O–H groups in total. The molecule has 0 unspecified atom stereocenters. The van der Waals surface area contributed by atoms with Gasteiger partial charge in [-0.25, -0.2) is 4.79 Å². The molecule has 0 radical (unpaired) electrons. The van der Waals surface area contributed by atoms with Crippen molar-refractivity contribution in [2.45, 2.75) is 38.8 Å². The Morgan fingerprint density at radius 2 is 1.58 bits per heavy atom. The number of nitrogens with zero attached hydrogens (tertiary/aromatic N) is 2. The van der Waals surface area contributed by atoms with E-state index in [2.05, 4.69) is 5.32 Å². The van der Waals surface area contributed by atoms with Crippen LogP contribution in [0.3, 0.4) is 0 Å². The van der Waals surface area contributed by atoms with Crippen LogP contribution in [0.25, 0.3) is 0 Å². The Morgan fingerprint density at radius 3 is 2.19 bits per heavy atom. The fourth-order valence-corrected chi connectivity index (χ4v) is 3.50. The molecular weight excluding hydrogens is 394 g/mol. The lowest BCUT2D eigenvalue weighted by atomic mass is 10.0. The second-order valence-corrected chi connectivity index (χ2v) is 8.58. The van der Waals surface area contributed by atoms with E-state index in [0.717, 1.165) is 5.56 Å². The number of carbonyl (C=O) groups excluding carboxylic acids is 3. The number of amides is 3. The van der Waals surface area contributed by atoms with Crippen LogP contribution in [0.4, 0.5) is 10.5 Å². The van der Waals surface area contributed by atoms with E-state index in [0.29, 0.717) is 25.2 Å². The van der Waals surface area contributed by atoms with Crippen LogP contribution in [-0.2, 0) is 20.7 Å². The minimum Gasteiger partial charge on any atom is -0.444 e. The van der Waals surface area contributed by atoms with Gasteiger partial charge < -0.3 is 19.9 Å². The van der Waals surface area contributed by atoms with Gasteiger partial charge in [-0.15, -0.1) is 0 Å². The number of benzene rings is 2. The molecule has 0 aliphatic carbocycles. The zero-order valence-corrected chi connectivity index (χ0v) is 18.2. The first-order valence-electron chi connectivity index (χ1n) is 10.4. The van der Waals surface area contributed by atoms with Crippen molar-refractivity contribution in [3.8, 4) is 0 Å². The van der Waals surface area contributed by atoms with Gasteiger partial charge in [0.15, 0.2) is 0 Å². The van der Waals surface area contributed by atoms with E-state index >= 15 is 0 Å². The SMILES string of the molecule is CC(C)(C)OC(=O)N[C@H](Cc1ccccc1)CN1CCN(c2ccccc2)C(=O)C1=O. The van der Waals surface area contributed by atoms with Crippen molar-refractivity contribution in [3.63, 3.8) is 0 Å². The summed E-state index contributed by atoms with van der Waals surface area (Å²) in [7, 11) is 0. The number of ether oxygens (including phenoxy) is 1. The summed E-state index contributed by atoms with van der Waals surface area (Å²) in [6.45, 7) is 6.40. The van der Waals surface area contributed by atoms with Gasteiger partial charge in [0.2, 0.25) is 0 Å². The molecule has 2 aromatic carbocycles. The van der Waals surface area contributed by atoms with Crippen LogP contribution in [-0.4, -0.2) is 54.1 Å². The minimum absolute atomic E-state index is 0.224. The fourth-order valence-electron chi connectivity index (χ4n) is 3.50. The molecule has 1 atom stereocenters. The maximum atomic E-state index is 12.8. The zero-order chi connectivity index (χ0) is 22.4. The van der Waals surface area contributed by atoms with E-state index in [1.807, 2.05) is 60.7 Å². The van der Waals surface area contributed by atoms with Crippen LogP contribution in [0.1, 0.15) is 26.3 Å². The molecule has 3 amide bonds. The average Bonchev–Trinajstić information content (AvgIpc) is 2.71. The van der Waals surface area contributed by atoms with Crippen molar-refractivity contribution >= 4 is 23.6 Å². The number of para-hydroxylation sites is 1. The van der Waals surface area contributed by atoms with Crippen molar-refractivity contribution in [2.24, 2.45) is 0 Å². The van der Waals surface area contributed by atoms with Gasteiger partial charge in [-0.05, 0) is 44.9 Å². The second-order valence-electron chi connectivity index (χ2n) is 8.58. The molecule has 0 saturated carbocycles. The Kier molecular flexibility index (Phi) is 6.95. The first-order valence-corrected chi connectivity index (χ1v) is 10.4. The maximum Gasteiger partial charge on any atom is 0.407 e. The largest absolute Gasteiger partial charge is 0.444 e. The number of rotatable bonds is 6. The maximum absolute atomic E-state index is 12.8. The molecule has 1 aliphatic rings. The normalized spacial score (nSPS) is 15.6. The van der Waals surface area contributed by atoms with Crippen molar-refractivity contribution in [1.29, 1.82) is 0 Å². The van der Waals surface area contributed by atoms with Gasteiger partial charge in [-0.2, -0.15) is 0 Å². The van der Waals surface area contributed by atoms with Gasteiger partial charge in [0.05, 0.1) is 6.04 Å². The summed E-state index contributed by atoms with van der Waals surface area (Å²) in [6.07, 6.45) is -0.0318. The molecule has 1 fully saturated rings. The van der Waals surface area contributed by atoms with E-state index in [4.69, 9.17) is 4.74 Å². The third-order valence-electron chi connectivity index (χ3n) is 4.86. The van der Waals surface area contributed by atoms with Gasteiger partial charge >= 0.3 is 17.9 Å². The number of hydrogen-bond acceptors (Lipinski definition) is 4. The average molecular weight is 424 g/mol. The number of alkyl carbamates (subject to hydrolysis) is 1. The van der Waals surface area contributed by atoms with Crippen molar-refractivity contribution in [1.82, 2.24) is 10.2 Å². The molecule has 1 aliphatic heterocycles. The Hall–Kier alpha value is -3.35. The third kappa shape index (κ3) is 6.31. The summed E-state index contributed by atoms with van der Waals surface area (Å²) < 4.78 is 5.39. The lowest BCUT2D eigenvalue weighted by Crippen LogP contribution is -2.58. The van der Waals surface area contributed by atoms with Gasteiger partial charge in [-0.3, -0.25) is 9.59 Å². The molecular formula is C24H29N3O4. The zero-order valence-electron chi connectivity index (χ0n) is 18.2. The van der Waals surface area contributed by atoms with Crippen LogP contribution in [0.2, 0.25) is 0 Å². The van der Waals surface area contributed by atoms with Gasteiger partial charge in [0.25, 0.3) is 0 Å². The minimum atomic E-state index is -0.630. The molecule has 31 heavy (non-hydrogen) atoms. The molecule has 0 spiro atoms. The lowest BCUT2D eigenvalue weighted by molar-refractivity contribution is -0.146. The smallest absolute Gasteiger partial charge is 0.407 e. The quantitative estimate of drug-likeness (QED) is 0.725. The molecule has 1 saturated heterocycles. The topological polar surface area (TPSA) is 79.0 Å². The van der Waals surface area contributed by atoms with E-state index in [9.17, 15) is 14.4 Å². The molecule has 7 nitrogen and oxygen atoms in total. The Morgan fingerprint density at radius 1 is 0.968 bits per heavy atom. The third-order valence-corrected chi connectivity index (χ3v) is 4.86. The first-order chi connectivity index (χ1) is 14.7. The number of nitrogens with one attached hydrogen (secondary N) is 1. The predicted molar refractivity (Wildman–Crippen MR) is 119 cm³/mol. The van der Waals surface area contributed by atoms with Crippen LogP contribution in [0.15, 0.2) is 60.7 Å². The van der Waals surface area contributed by atoms with E-state index in [1.54, 1.807) is 20.8 Å². The Bertz CT molecular complexity index is 909.